The van der Waals surface area contributed by atoms with Crippen LogP contribution < -0.4 is 11.1 Å². The molecule has 0 aromatic carbocycles. The van der Waals surface area contributed by atoms with Crippen LogP contribution in [0.2, 0.25) is 0 Å². The van der Waals surface area contributed by atoms with Crippen LogP contribution in [0.4, 0.5) is 11.8 Å². The highest BCUT2D eigenvalue weighted by molar-refractivity contribution is 5.60. The Morgan fingerprint density at radius 2 is 2.19 bits per heavy atom. The number of rotatable bonds is 4. The number of nitrogens with zero attached hydrogens (tertiary/aromatic N) is 4. The van der Waals surface area contributed by atoms with Crippen LogP contribution in [0.1, 0.15) is 26.7 Å². The second kappa shape index (κ2) is 4.34. The van der Waals surface area contributed by atoms with Gasteiger partial charge in [0, 0.05) is 18.4 Å². The summed E-state index contributed by atoms with van der Waals surface area (Å²) in [6, 6.07) is 0.375. The highest BCUT2D eigenvalue weighted by atomic mass is 15.3. The van der Waals surface area contributed by atoms with Crippen LogP contribution in [-0.4, -0.2) is 25.6 Å². The first-order valence-electron chi connectivity index (χ1n) is 5.48. The Balaban J connectivity index is 2.30. The Labute approximate surface area is 93.9 Å². The standard InChI is InChI=1S/C10H16N6/c1-3-7(4-2)13-10-14-8(11)9-12-5-6-16(9)15-10/h5-7H,3-4H2,1-2H3,(H3,11,13,14,15). The third-order valence-electron chi connectivity index (χ3n) is 2.60. The van der Waals surface area contributed by atoms with E-state index in [9.17, 15) is 0 Å². The molecule has 0 saturated heterocycles. The molecule has 3 N–H and O–H groups in total. The number of nitrogens with two attached hydrogens (primary N) is 1. The monoisotopic (exact) mass is 220 g/mol. The largest absolute Gasteiger partial charge is 0.380 e. The van der Waals surface area contributed by atoms with Gasteiger partial charge >= 0.3 is 0 Å². The summed E-state index contributed by atoms with van der Waals surface area (Å²) < 4.78 is 1.63. The Morgan fingerprint density at radius 1 is 1.44 bits per heavy atom. The fourth-order valence-electron chi connectivity index (χ4n) is 1.59. The van der Waals surface area contributed by atoms with E-state index in [4.69, 9.17) is 5.73 Å². The molecule has 16 heavy (non-hydrogen) atoms. The van der Waals surface area contributed by atoms with Gasteiger partial charge in [-0.05, 0) is 12.8 Å². The van der Waals surface area contributed by atoms with Gasteiger partial charge in [0.25, 0.3) is 0 Å². The molecule has 0 atom stereocenters. The lowest BCUT2D eigenvalue weighted by molar-refractivity contribution is 0.660. The van der Waals surface area contributed by atoms with E-state index in [-0.39, 0.29) is 0 Å². The smallest absolute Gasteiger partial charge is 0.243 e. The van der Waals surface area contributed by atoms with Gasteiger partial charge in [-0.25, -0.2) is 9.50 Å². The molecule has 0 spiro atoms. The molecular formula is C10H16N6. The third kappa shape index (κ3) is 1.91. The van der Waals surface area contributed by atoms with Crippen LogP contribution in [0.5, 0.6) is 0 Å². The molecule has 0 fully saturated rings. The minimum absolute atomic E-state index is 0.375. The van der Waals surface area contributed by atoms with Crippen LogP contribution >= 0.6 is 0 Å². The minimum atomic E-state index is 0.375. The minimum Gasteiger partial charge on any atom is -0.380 e. The Hall–Kier alpha value is -1.85. The van der Waals surface area contributed by atoms with Crippen molar-refractivity contribution < 1.29 is 0 Å². The molecular weight excluding hydrogens is 204 g/mol. The summed E-state index contributed by atoms with van der Waals surface area (Å²) in [7, 11) is 0. The number of nitrogens with one attached hydrogen (secondary N) is 1. The first-order valence-corrected chi connectivity index (χ1v) is 5.48. The van der Waals surface area contributed by atoms with E-state index < -0.39 is 0 Å². The number of nitrogen functional groups attached to an aromatic ring is 1. The maximum Gasteiger partial charge on any atom is 0.243 e. The second-order valence-electron chi connectivity index (χ2n) is 3.67. The molecule has 2 heterocycles. The zero-order chi connectivity index (χ0) is 11.5. The summed E-state index contributed by atoms with van der Waals surface area (Å²) in [6.45, 7) is 4.25. The SMILES string of the molecule is CCC(CC)Nc1nc(N)c2nccn2n1. The lowest BCUT2D eigenvalue weighted by Gasteiger charge is -2.14. The van der Waals surface area contributed by atoms with Crippen LogP contribution in [-0.2, 0) is 0 Å². The zero-order valence-electron chi connectivity index (χ0n) is 9.51. The van der Waals surface area contributed by atoms with Gasteiger partial charge in [-0.15, -0.1) is 5.10 Å². The first kappa shape index (κ1) is 10.7. The van der Waals surface area contributed by atoms with E-state index in [1.54, 1.807) is 16.9 Å². The van der Waals surface area contributed by atoms with Crippen molar-refractivity contribution in [2.75, 3.05) is 11.1 Å². The molecule has 0 radical (unpaired) electrons. The molecule has 0 aliphatic rings. The number of imidazole rings is 1. The van der Waals surface area contributed by atoms with Crippen molar-refractivity contribution in [2.45, 2.75) is 32.7 Å². The molecule has 86 valence electrons. The second-order valence-corrected chi connectivity index (χ2v) is 3.67. The maximum absolute atomic E-state index is 5.79. The van der Waals surface area contributed by atoms with Gasteiger partial charge in [0.2, 0.25) is 5.95 Å². The fraction of sp³-hybridized carbons (Fsp3) is 0.500. The highest BCUT2D eigenvalue weighted by Crippen LogP contribution is 2.11. The summed E-state index contributed by atoms with van der Waals surface area (Å²) in [5.41, 5.74) is 6.38. The lowest BCUT2D eigenvalue weighted by atomic mass is 10.2. The number of aromatic nitrogens is 4. The van der Waals surface area contributed by atoms with Gasteiger partial charge in [-0.2, -0.15) is 4.98 Å². The molecule has 0 bridgehead atoms. The summed E-state index contributed by atoms with van der Waals surface area (Å²) in [6.07, 6.45) is 5.47. The fourth-order valence-corrected chi connectivity index (χ4v) is 1.59. The quantitative estimate of drug-likeness (QED) is 0.811. The third-order valence-corrected chi connectivity index (χ3v) is 2.60. The van der Waals surface area contributed by atoms with Gasteiger partial charge in [0.05, 0.1) is 0 Å². The Kier molecular flexibility index (Phi) is 2.89. The summed E-state index contributed by atoms with van der Waals surface area (Å²) in [5.74, 6) is 0.949. The van der Waals surface area contributed by atoms with E-state index in [1.165, 1.54) is 0 Å². The average molecular weight is 220 g/mol. The number of anilines is 2. The molecule has 2 rings (SSSR count). The Morgan fingerprint density at radius 3 is 2.88 bits per heavy atom. The van der Waals surface area contributed by atoms with Crippen molar-refractivity contribution in [3.05, 3.63) is 12.4 Å². The molecule has 0 saturated carbocycles. The van der Waals surface area contributed by atoms with Crippen molar-refractivity contribution in [3.63, 3.8) is 0 Å². The van der Waals surface area contributed by atoms with E-state index >= 15 is 0 Å². The molecule has 6 nitrogen and oxygen atoms in total. The molecule has 0 unspecified atom stereocenters. The van der Waals surface area contributed by atoms with E-state index in [2.05, 4.69) is 34.2 Å². The van der Waals surface area contributed by atoms with Gasteiger partial charge in [-0.3, -0.25) is 0 Å². The van der Waals surface area contributed by atoms with E-state index in [1.807, 2.05) is 0 Å². The van der Waals surface area contributed by atoms with E-state index in [0.29, 0.717) is 23.5 Å². The van der Waals surface area contributed by atoms with Crippen molar-refractivity contribution >= 4 is 17.4 Å². The van der Waals surface area contributed by atoms with Crippen LogP contribution in [0.25, 0.3) is 5.65 Å². The average Bonchev–Trinajstić information content (AvgIpc) is 2.74. The van der Waals surface area contributed by atoms with E-state index in [0.717, 1.165) is 12.8 Å². The number of hydrogen-bond acceptors (Lipinski definition) is 5. The lowest BCUT2D eigenvalue weighted by Crippen LogP contribution is -2.20. The topological polar surface area (TPSA) is 81.1 Å². The van der Waals surface area contributed by atoms with Crippen molar-refractivity contribution in [3.8, 4) is 0 Å². The highest BCUT2D eigenvalue weighted by Gasteiger charge is 2.09. The van der Waals surface area contributed by atoms with Gasteiger partial charge < -0.3 is 11.1 Å². The van der Waals surface area contributed by atoms with Crippen molar-refractivity contribution in [1.29, 1.82) is 0 Å². The molecule has 0 aliphatic carbocycles. The molecule has 2 aromatic rings. The Bertz CT molecular complexity index is 473. The molecule has 2 aromatic heterocycles. The predicted molar refractivity (Wildman–Crippen MR) is 63.2 cm³/mol. The van der Waals surface area contributed by atoms with Crippen LogP contribution in [0.15, 0.2) is 12.4 Å². The maximum atomic E-state index is 5.79. The van der Waals surface area contributed by atoms with Crippen molar-refractivity contribution in [2.24, 2.45) is 0 Å². The number of hydrogen-bond donors (Lipinski definition) is 2. The summed E-state index contributed by atoms with van der Waals surface area (Å²) in [5, 5.41) is 7.53. The summed E-state index contributed by atoms with van der Waals surface area (Å²) >= 11 is 0. The van der Waals surface area contributed by atoms with Gasteiger partial charge in [0.1, 0.15) is 0 Å². The van der Waals surface area contributed by atoms with Crippen LogP contribution in [0, 0.1) is 0 Å². The van der Waals surface area contributed by atoms with Crippen LogP contribution in [0.3, 0.4) is 0 Å². The van der Waals surface area contributed by atoms with Gasteiger partial charge in [0.15, 0.2) is 11.5 Å². The zero-order valence-corrected chi connectivity index (χ0v) is 9.51. The molecule has 0 amide bonds. The normalized spacial score (nSPS) is 11.2. The number of fused-ring (bicyclic) bond motifs is 1. The molecule has 0 aliphatic heterocycles. The first-order chi connectivity index (χ1) is 7.74. The summed E-state index contributed by atoms with van der Waals surface area (Å²) in [4.78, 5) is 8.25. The molecule has 6 heteroatoms. The predicted octanol–water partition coefficient (Wildman–Crippen LogP) is 1.31. The van der Waals surface area contributed by atoms with Crippen molar-refractivity contribution in [1.82, 2.24) is 19.6 Å². The van der Waals surface area contributed by atoms with Gasteiger partial charge in [-0.1, -0.05) is 13.8 Å².